The van der Waals surface area contributed by atoms with Crippen LogP contribution < -0.4 is 0 Å². The first-order valence-corrected chi connectivity index (χ1v) is 4.00. The van der Waals surface area contributed by atoms with Crippen molar-refractivity contribution in [1.82, 2.24) is 0 Å². The summed E-state index contributed by atoms with van der Waals surface area (Å²) in [6.45, 7) is 0. The van der Waals surface area contributed by atoms with Crippen LogP contribution in [0.3, 0.4) is 0 Å². The Hall–Kier alpha value is 10.1. The van der Waals surface area contributed by atoms with E-state index in [1.54, 1.807) is 0 Å². The largest absolute Gasteiger partial charge is 2.00 e. The van der Waals surface area contributed by atoms with E-state index >= 15 is 0 Å². The van der Waals surface area contributed by atoms with Gasteiger partial charge in [0.05, 0.1) is 0 Å². The minimum Gasteiger partial charge on any atom is -0.759 e. The molecule has 0 saturated carbocycles. The zero-order valence-corrected chi connectivity index (χ0v) is 30.6. The smallest absolute Gasteiger partial charge is 0.759 e. The van der Waals surface area contributed by atoms with E-state index in [9.17, 15) is 0 Å². The van der Waals surface area contributed by atoms with Gasteiger partial charge in [0.25, 0.3) is 0 Å². The van der Waals surface area contributed by atoms with Crippen molar-refractivity contribution in [3.8, 4) is 0 Å². The second kappa shape index (κ2) is 116. The second-order valence-electron chi connectivity index (χ2n) is 0.816. The average Bonchev–Trinajstić information content (AvgIpc) is 1.12. The molecule has 0 N–H and O–H groups in total. The molecule has 30 heteroatoms. The van der Waals surface area contributed by atoms with Gasteiger partial charge in [0.1, 0.15) is 0 Å². The maximum atomic E-state index is 8.52. The van der Waals surface area contributed by atoms with Gasteiger partial charge in [-0.05, 0) is 0 Å². The molecule has 0 aromatic heterocycles. The van der Waals surface area contributed by atoms with Crippen LogP contribution in [0.2, 0.25) is 0 Å². The van der Waals surface area contributed by atoms with E-state index in [-0.39, 0.29) is 341 Å². The molecular formula is Cu20O8S2+36. The van der Waals surface area contributed by atoms with Gasteiger partial charge in [-0.15, -0.1) is 0 Å². The molecule has 0 rings (SSSR count). The van der Waals surface area contributed by atoms with Crippen molar-refractivity contribution < 1.29 is 376 Å². The minimum absolute atomic E-state index is 0. The van der Waals surface area contributed by atoms with Crippen molar-refractivity contribution in [2.24, 2.45) is 0 Å². The van der Waals surface area contributed by atoms with Crippen molar-refractivity contribution in [1.29, 1.82) is 0 Å². The molecule has 0 aliphatic carbocycles. The molecule has 0 saturated heterocycles. The predicted octanol–water partition coefficient (Wildman–Crippen LogP) is -2.73. The van der Waals surface area contributed by atoms with Gasteiger partial charge in [0, 0.05) is 20.8 Å². The first-order chi connectivity index (χ1) is 4.00. The third kappa shape index (κ3) is 512. The Bertz CT molecular complexity index is 231. The number of hydrogen-bond donors (Lipinski definition) is 0. The van der Waals surface area contributed by atoms with Gasteiger partial charge in [-0.3, -0.25) is 16.8 Å². The summed E-state index contributed by atoms with van der Waals surface area (Å²) in [7, 11) is -10.3. The van der Waals surface area contributed by atoms with Crippen LogP contribution in [0.5, 0.6) is 0 Å². The average molecular weight is 1460 g/mol. The van der Waals surface area contributed by atoms with Gasteiger partial charge in [-0.25, -0.2) is 0 Å². The summed E-state index contributed by atoms with van der Waals surface area (Å²) in [5.41, 5.74) is 0. The molecule has 0 aromatic carbocycles. The monoisotopic (exact) mass is 1450 g/mol. The van der Waals surface area contributed by atoms with E-state index in [0.29, 0.717) is 0 Å². The molecule has 8 nitrogen and oxygen atoms in total. The van der Waals surface area contributed by atoms with Crippen LogP contribution in [0.4, 0.5) is 0 Å². The van der Waals surface area contributed by atoms with Crippen LogP contribution in [0.15, 0.2) is 0 Å². The molecule has 0 fully saturated rings. The molecule has 244 valence electrons. The van der Waals surface area contributed by atoms with Crippen LogP contribution in [-0.4, -0.2) is 35.0 Å². The summed E-state index contributed by atoms with van der Waals surface area (Å²) < 4.78 is 68.2. The Morgan fingerprint density at radius 2 is 0.233 bits per heavy atom. The molecule has 0 aliphatic rings. The quantitative estimate of drug-likeness (QED) is 0.144. The Morgan fingerprint density at radius 1 is 0.233 bits per heavy atom. The molecule has 0 aromatic rings. The first-order valence-electron chi connectivity index (χ1n) is 1.33. The van der Waals surface area contributed by atoms with Crippen LogP contribution >= 0.6 is 0 Å². The molecule has 0 bridgehead atoms. The molecule has 0 aliphatic heterocycles. The van der Waals surface area contributed by atoms with Crippen LogP contribution in [0.1, 0.15) is 0 Å². The summed E-state index contributed by atoms with van der Waals surface area (Å²) in [6.07, 6.45) is 0. The molecule has 20 radical (unpaired) electrons. The van der Waals surface area contributed by atoms with Gasteiger partial charge in [-0.2, -0.15) is 0 Å². The van der Waals surface area contributed by atoms with Gasteiger partial charge in [-0.1, -0.05) is 0 Å². The molecule has 0 unspecified atom stereocenters. The van der Waals surface area contributed by atoms with Crippen molar-refractivity contribution in [3.05, 3.63) is 0 Å². The second-order valence-corrected chi connectivity index (χ2v) is 2.45. The molecule has 0 amide bonds. The van der Waals surface area contributed by atoms with Crippen molar-refractivity contribution in [2.75, 3.05) is 0 Å². The first kappa shape index (κ1) is 187. The van der Waals surface area contributed by atoms with Crippen molar-refractivity contribution >= 4 is 20.8 Å². The van der Waals surface area contributed by atoms with E-state index in [1.807, 2.05) is 0 Å². The Balaban J connectivity index is -0.00000000128. The Labute approximate surface area is 389 Å². The van der Waals surface area contributed by atoms with Crippen LogP contribution in [0, 0.1) is 0 Å². The normalized spacial score (nSPS) is 3.87. The summed E-state index contributed by atoms with van der Waals surface area (Å²) in [5, 5.41) is 0. The number of rotatable bonds is 0. The minimum atomic E-state index is -5.17. The summed E-state index contributed by atoms with van der Waals surface area (Å²) in [4.78, 5) is 0. The fourth-order valence-electron chi connectivity index (χ4n) is 0. The molecule has 30 heavy (non-hydrogen) atoms. The van der Waals surface area contributed by atoms with E-state index < -0.39 is 20.8 Å². The fraction of sp³-hybridized carbons (Fsp3) is 0. The SMILES string of the molecule is O=S(=O)([O-])[O-].O=S(=O)([O-])[O-].[Cu+2].[Cu+2].[Cu+2].[Cu+2].[Cu+2].[Cu+2].[Cu+2].[Cu+2].[Cu+2].[Cu+2].[Cu+2].[Cu+2].[Cu+2].[Cu+2].[Cu+2].[Cu+2].[Cu+2].[Cu+2].[Cu+2].[Cu+2]. The zero-order valence-electron chi connectivity index (χ0n) is 10.1. The Kier molecular flexibility index (Phi) is 724. The molecule has 0 atom stereocenters. The molecule has 0 spiro atoms. The summed E-state index contributed by atoms with van der Waals surface area (Å²) >= 11 is 0. The summed E-state index contributed by atoms with van der Waals surface area (Å²) in [5.74, 6) is 0. The van der Waals surface area contributed by atoms with E-state index in [4.69, 9.17) is 35.0 Å². The predicted molar refractivity (Wildman–Crippen MR) is 20.9 cm³/mol. The van der Waals surface area contributed by atoms with E-state index in [2.05, 4.69) is 0 Å². The fourth-order valence-corrected chi connectivity index (χ4v) is 0. The van der Waals surface area contributed by atoms with Gasteiger partial charge < -0.3 is 18.2 Å². The van der Waals surface area contributed by atoms with Gasteiger partial charge in [0.2, 0.25) is 0 Å². The maximum Gasteiger partial charge on any atom is 2.00 e. The van der Waals surface area contributed by atoms with E-state index in [1.165, 1.54) is 0 Å². The zero-order chi connectivity index (χ0) is 9.00. The van der Waals surface area contributed by atoms with Crippen molar-refractivity contribution in [2.45, 2.75) is 0 Å². The molecule has 0 heterocycles. The topological polar surface area (TPSA) is 161 Å². The maximum absolute atomic E-state index is 8.52. The van der Waals surface area contributed by atoms with Gasteiger partial charge >= 0.3 is 341 Å². The third-order valence-electron chi connectivity index (χ3n) is 0. The Morgan fingerprint density at radius 3 is 0.233 bits per heavy atom. The number of hydrogen-bond acceptors (Lipinski definition) is 8. The van der Waals surface area contributed by atoms with Crippen LogP contribution in [0.25, 0.3) is 0 Å². The summed E-state index contributed by atoms with van der Waals surface area (Å²) in [6, 6.07) is 0. The standard InChI is InChI=1S/20Cu.2H2O4S/c;;;;;;;;;;;;;;;;;;;;2*1-5(2,3)4/h;;;;;;;;;;;;;;;;;;;;2*(H2,1,2,3,4)/q20*+2;;/p-4. The van der Waals surface area contributed by atoms with E-state index in [0.717, 1.165) is 0 Å². The third-order valence-corrected chi connectivity index (χ3v) is 0. The van der Waals surface area contributed by atoms with Gasteiger partial charge in [0.15, 0.2) is 0 Å². The van der Waals surface area contributed by atoms with Crippen molar-refractivity contribution in [3.63, 3.8) is 0 Å². The van der Waals surface area contributed by atoms with Crippen LogP contribution in [-0.2, 0) is 362 Å². The molecular weight excluding hydrogens is 1460 g/mol.